The molecule has 1 fully saturated rings. The normalized spacial score (nSPS) is 17.3. The van der Waals surface area contributed by atoms with E-state index in [-0.39, 0.29) is 17.4 Å². The van der Waals surface area contributed by atoms with Crippen molar-refractivity contribution in [2.24, 2.45) is 5.92 Å². The standard InChI is InChI=1S/C19H21F2N3O2/c1-12(25)17-10-18(23-22-17)19(26)24-8-2-3-14(11-24)5-4-13-6-7-15(20)16(21)9-13/h6-7,9-10,14H,2-5,8,11H2,1H3,(H,22,23)/t14-/m1/s1. The highest BCUT2D eigenvalue weighted by molar-refractivity contribution is 5.97. The predicted molar refractivity (Wildman–Crippen MR) is 91.9 cm³/mol. The summed E-state index contributed by atoms with van der Waals surface area (Å²) in [4.78, 5) is 25.7. The van der Waals surface area contributed by atoms with Crippen molar-refractivity contribution in [1.82, 2.24) is 15.1 Å². The van der Waals surface area contributed by atoms with Crippen molar-refractivity contribution >= 4 is 11.7 Å². The molecule has 0 unspecified atom stereocenters. The number of Topliss-reactive ketones (excluding diaryl/α,β-unsaturated/α-hetero) is 1. The van der Waals surface area contributed by atoms with Crippen LogP contribution in [0.3, 0.4) is 0 Å². The third-order valence-electron chi connectivity index (χ3n) is 4.80. The molecule has 1 aliphatic heterocycles. The van der Waals surface area contributed by atoms with E-state index in [1.165, 1.54) is 19.1 Å². The number of H-pyrrole nitrogens is 1. The zero-order valence-electron chi connectivity index (χ0n) is 14.6. The van der Waals surface area contributed by atoms with Gasteiger partial charge in [-0.15, -0.1) is 0 Å². The number of ketones is 1. The van der Waals surface area contributed by atoms with Crippen molar-refractivity contribution < 1.29 is 18.4 Å². The highest BCUT2D eigenvalue weighted by Crippen LogP contribution is 2.23. The lowest BCUT2D eigenvalue weighted by molar-refractivity contribution is 0.0662. The Morgan fingerprint density at radius 2 is 2.08 bits per heavy atom. The van der Waals surface area contributed by atoms with E-state index in [0.717, 1.165) is 30.9 Å². The zero-order chi connectivity index (χ0) is 18.7. The Morgan fingerprint density at radius 3 is 2.77 bits per heavy atom. The van der Waals surface area contributed by atoms with Gasteiger partial charge in [0.1, 0.15) is 11.4 Å². The van der Waals surface area contributed by atoms with Gasteiger partial charge in [-0.3, -0.25) is 14.7 Å². The molecule has 0 radical (unpaired) electrons. The Balaban J connectivity index is 1.58. The molecule has 5 nitrogen and oxygen atoms in total. The molecular formula is C19H21F2N3O2. The molecule has 7 heteroatoms. The molecule has 0 spiro atoms. The minimum absolute atomic E-state index is 0.164. The third kappa shape index (κ3) is 4.15. The summed E-state index contributed by atoms with van der Waals surface area (Å²) in [6.45, 7) is 2.67. The number of nitrogens with one attached hydrogen (secondary N) is 1. The van der Waals surface area contributed by atoms with E-state index < -0.39 is 11.6 Å². The number of hydrogen-bond acceptors (Lipinski definition) is 3. The van der Waals surface area contributed by atoms with Gasteiger partial charge in [-0.05, 0) is 55.4 Å². The van der Waals surface area contributed by atoms with Gasteiger partial charge in [-0.1, -0.05) is 6.07 Å². The number of aromatic nitrogens is 2. The van der Waals surface area contributed by atoms with Crippen LogP contribution in [0.5, 0.6) is 0 Å². The molecule has 1 aliphatic rings. The second kappa shape index (κ2) is 7.76. The van der Waals surface area contributed by atoms with E-state index in [0.29, 0.717) is 31.1 Å². The first-order valence-electron chi connectivity index (χ1n) is 8.73. The predicted octanol–water partition coefficient (Wildman–Crippen LogP) is 3.38. The summed E-state index contributed by atoms with van der Waals surface area (Å²) >= 11 is 0. The van der Waals surface area contributed by atoms with Crippen molar-refractivity contribution in [3.63, 3.8) is 0 Å². The first-order valence-corrected chi connectivity index (χ1v) is 8.73. The van der Waals surface area contributed by atoms with E-state index in [4.69, 9.17) is 0 Å². The van der Waals surface area contributed by atoms with E-state index >= 15 is 0 Å². The van der Waals surface area contributed by atoms with Gasteiger partial charge in [-0.2, -0.15) is 5.10 Å². The highest BCUT2D eigenvalue weighted by Gasteiger charge is 2.26. The number of aromatic amines is 1. The molecule has 2 aromatic rings. The van der Waals surface area contributed by atoms with Crippen molar-refractivity contribution in [3.05, 3.63) is 52.9 Å². The van der Waals surface area contributed by atoms with Crippen LogP contribution in [0, 0.1) is 17.6 Å². The van der Waals surface area contributed by atoms with Gasteiger partial charge in [0.15, 0.2) is 17.4 Å². The molecule has 0 aliphatic carbocycles. The maximum absolute atomic E-state index is 13.3. The number of carbonyl (C=O) groups is 2. The van der Waals surface area contributed by atoms with Crippen LogP contribution in [0.15, 0.2) is 24.3 Å². The first kappa shape index (κ1) is 18.2. The first-order chi connectivity index (χ1) is 12.4. The van der Waals surface area contributed by atoms with E-state index in [2.05, 4.69) is 10.2 Å². The fraction of sp³-hybridized carbons (Fsp3) is 0.421. The minimum Gasteiger partial charge on any atom is -0.337 e. The minimum atomic E-state index is -0.840. The number of halogens is 2. The summed E-state index contributed by atoms with van der Waals surface area (Å²) in [5.41, 5.74) is 1.32. The second-order valence-electron chi connectivity index (χ2n) is 6.77. The number of aryl methyl sites for hydroxylation is 1. The van der Waals surface area contributed by atoms with Crippen LogP contribution in [0.1, 0.15) is 52.7 Å². The lowest BCUT2D eigenvalue weighted by Gasteiger charge is -2.32. The fourth-order valence-corrected chi connectivity index (χ4v) is 3.33. The van der Waals surface area contributed by atoms with Gasteiger partial charge in [0.05, 0.1) is 0 Å². The summed E-state index contributed by atoms with van der Waals surface area (Å²) in [5.74, 6) is -1.72. The van der Waals surface area contributed by atoms with Gasteiger partial charge >= 0.3 is 0 Å². The summed E-state index contributed by atoms with van der Waals surface area (Å²) < 4.78 is 26.3. The molecule has 2 heterocycles. The second-order valence-corrected chi connectivity index (χ2v) is 6.77. The molecule has 1 atom stereocenters. The van der Waals surface area contributed by atoms with Crippen molar-refractivity contribution in [2.45, 2.75) is 32.6 Å². The maximum atomic E-state index is 13.3. The third-order valence-corrected chi connectivity index (χ3v) is 4.80. The number of rotatable bonds is 5. The average Bonchev–Trinajstić information content (AvgIpc) is 3.13. The van der Waals surface area contributed by atoms with E-state index in [9.17, 15) is 18.4 Å². The van der Waals surface area contributed by atoms with E-state index in [1.54, 1.807) is 11.0 Å². The largest absolute Gasteiger partial charge is 0.337 e. The summed E-state index contributed by atoms with van der Waals surface area (Å²) in [6, 6.07) is 5.45. The SMILES string of the molecule is CC(=O)c1cc(C(=O)N2CCC[C@H](CCc3ccc(F)c(F)c3)C2)[nH]n1. The molecule has 3 rings (SSSR count). The quantitative estimate of drug-likeness (QED) is 0.831. The molecule has 1 aromatic carbocycles. The molecule has 138 valence electrons. The highest BCUT2D eigenvalue weighted by atomic mass is 19.2. The van der Waals surface area contributed by atoms with Crippen molar-refractivity contribution in [2.75, 3.05) is 13.1 Å². The van der Waals surface area contributed by atoms with Gasteiger partial charge in [-0.25, -0.2) is 8.78 Å². The van der Waals surface area contributed by atoms with Crippen LogP contribution >= 0.6 is 0 Å². The number of piperidine rings is 1. The number of hydrogen-bond donors (Lipinski definition) is 1. The number of amides is 1. The van der Waals surface area contributed by atoms with Gasteiger partial charge in [0.2, 0.25) is 0 Å². The topological polar surface area (TPSA) is 66.1 Å². The molecule has 1 aromatic heterocycles. The number of likely N-dealkylation sites (tertiary alicyclic amines) is 1. The Kier molecular flexibility index (Phi) is 5.44. The van der Waals surface area contributed by atoms with Crippen LogP contribution in [-0.4, -0.2) is 39.9 Å². The van der Waals surface area contributed by atoms with E-state index in [1.807, 2.05) is 0 Å². The molecule has 0 bridgehead atoms. The molecule has 0 saturated carbocycles. The monoisotopic (exact) mass is 361 g/mol. The van der Waals surface area contributed by atoms with Crippen molar-refractivity contribution in [3.8, 4) is 0 Å². The van der Waals surface area contributed by atoms with Gasteiger partial charge in [0, 0.05) is 20.0 Å². The summed E-state index contributed by atoms with van der Waals surface area (Å²) in [5, 5.41) is 6.48. The lowest BCUT2D eigenvalue weighted by atomic mass is 9.91. The Morgan fingerprint density at radius 1 is 1.27 bits per heavy atom. The molecule has 1 N–H and O–H groups in total. The molecular weight excluding hydrogens is 340 g/mol. The summed E-state index contributed by atoms with van der Waals surface area (Å²) in [7, 11) is 0. The lowest BCUT2D eigenvalue weighted by Crippen LogP contribution is -2.40. The van der Waals surface area contributed by atoms with Crippen LogP contribution in [0.2, 0.25) is 0 Å². The Hall–Kier alpha value is -2.57. The zero-order valence-corrected chi connectivity index (χ0v) is 14.6. The molecule has 26 heavy (non-hydrogen) atoms. The van der Waals surface area contributed by atoms with Crippen LogP contribution in [0.25, 0.3) is 0 Å². The molecule has 1 saturated heterocycles. The number of benzene rings is 1. The van der Waals surface area contributed by atoms with Crippen LogP contribution in [0.4, 0.5) is 8.78 Å². The van der Waals surface area contributed by atoms with Gasteiger partial charge in [0.25, 0.3) is 5.91 Å². The Bertz CT molecular complexity index is 819. The molecule has 1 amide bonds. The summed E-state index contributed by atoms with van der Waals surface area (Å²) in [6.07, 6.45) is 3.33. The smallest absolute Gasteiger partial charge is 0.271 e. The Labute approximate surface area is 150 Å². The fourth-order valence-electron chi connectivity index (χ4n) is 3.33. The van der Waals surface area contributed by atoms with Crippen molar-refractivity contribution in [1.29, 1.82) is 0 Å². The average molecular weight is 361 g/mol. The van der Waals surface area contributed by atoms with Crippen LogP contribution < -0.4 is 0 Å². The van der Waals surface area contributed by atoms with Crippen LogP contribution in [-0.2, 0) is 6.42 Å². The van der Waals surface area contributed by atoms with Gasteiger partial charge < -0.3 is 4.90 Å². The number of nitrogens with zero attached hydrogens (tertiary/aromatic N) is 2. The number of carbonyl (C=O) groups excluding carboxylic acids is 2. The maximum Gasteiger partial charge on any atom is 0.271 e.